The van der Waals surface area contributed by atoms with E-state index in [9.17, 15) is 4.79 Å². The normalized spacial score (nSPS) is 10.5. The minimum atomic E-state index is -0.230. The molecule has 0 aliphatic carbocycles. The molecule has 2 N–H and O–H groups in total. The van der Waals surface area contributed by atoms with Gasteiger partial charge < -0.3 is 5.32 Å². The molecule has 4 heteroatoms. The van der Waals surface area contributed by atoms with Crippen molar-refractivity contribution in [2.75, 3.05) is 0 Å². The molecule has 0 saturated heterocycles. The molecule has 3 nitrogen and oxygen atoms in total. The molecule has 0 radical (unpaired) electrons. The Bertz CT molecular complexity index is 413. The Morgan fingerprint density at radius 3 is 2.53 bits per heavy atom. The van der Waals surface area contributed by atoms with Crippen LogP contribution in [-0.2, 0) is 4.79 Å². The highest BCUT2D eigenvalue weighted by Crippen LogP contribution is 2.00. The van der Waals surface area contributed by atoms with E-state index >= 15 is 0 Å². The zero-order chi connectivity index (χ0) is 12.7. The Balaban J connectivity index is 2.45. The highest BCUT2D eigenvalue weighted by Gasteiger charge is 2.01. The monoisotopic (exact) mass is 248 g/mol. The molecule has 0 aliphatic heterocycles. The van der Waals surface area contributed by atoms with Gasteiger partial charge in [-0.25, -0.2) is 0 Å². The lowest BCUT2D eigenvalue weighted by atomic mass is 10.2. The largest absolute Gasteiger partial charge is 0.360 e. The van der Waals surface area contributed by atoms with Crippen molar-refractivity contribution in [2.45, 2.75) is 19.9 Å². The maximum atomic E-state index is 11.5. The summed E-state index contributed by atoms with van der Waals surface area (Å²) in [4.78, 5) is 11.5. The molecular formula is C13H16N2OS. The summed E-state index contributed by atoms with van der Waals surface area (Å²) >= 11 is 4.96. The van der Waals surface area contributed by atoms with Crippen LogP contribution in [-0.4, -0.2) is 17.1 Å². The third kappa shape index (κ3) is 5.82. The van der Waals surface area contributed by atoms with Gasteiger partial charge >= 0.3 is 0 Å². The average Bonchev–Trinajstić information content (AvgIpc) is 2.26. The zero-order valence-electron chi connectivity index (χ0n) is 9.94. The number of thiocarbonyl (C=S) groups is 1. The van der Waals surface area contributed by atoms with E-state index in [1.165, 1.54) is 6.08 Å². The van der Waals surface area contributed by atoms with Gasteiger partial charge in [-0.3, -0.25) is 10.1 Å². The minimum Gasteiger partial charge on any atom is -0.360 e. The van der Waals surface area contributed by atoms with Crippen LogP contribution in [0.2, 0.25) is 0 Å². The predicted octanol–water partition coefficient (Wildman–Crippen LogP) is 2.10. The van der Waals surface area contributed by atoms with Crippen molar-refractivity contribution in [3.8, 4) is 0 Å². The average molecular weight is 248 g/mol. The van der Waals surface area contributed by atoms with Crippen LogP contribution >= 0.6 is 12.2 Å². The summed E-state index contributed by atoms with van der Waals surface area (Å²) in [6, 6.07) is 9.83. The van der Waals surface area contributed by atoms with Gasteiger partial charge in [-0.05, 0) is 37.7 Å². The molecule has 1 aromatic carbocycles. The van der Waals surface area contributed by atoms with Crippen LogP contribution < -0.4 is 10.6 Å². The standard InChI is InChI=1S/C13H16N2OS/c1-10(2)14-13(17)15-12(16)9-8-11-6-4-3-5-7-11/h3-10H,1-2H3,(H2,14,15,16,17)/b9-8+. The number of hydrogen-bond donors (Lipinski definition) is 2. The lowest BCUT2D eigenvalue weighted by Crippen LogP contribution is -2.41. The van der Waals surface area contributed by atoms with Crippen molar-refractivity contribution in [3.05, 3.63) is 42.0 Å². The number of nitrogens with one attached hydrogen (secondary N) is 2. The topological polar surface area (TPSA) is 41.1 Å². The highest BCUT2D eigenvalue weighted by molar-refractivity contribution is 7.80. The van der Waals surface area contributed by atoms with Crippen LogP contribution in [0.25, 0.3) is 6.08 Å². The van der Waals surface area contributed by atoms with Gasteiger partial charge in [-0.1, -0.05) is 30.3 Å². The number of carbonyl (C=O) groups excluding carboxylic acids is 1. The van der Waals surface area contributed by atoms with Crippen LogP contribution in [0.15, 0.2) is 36.4 Å². The third-order valence-electron chi connectivity index (χ3n) is 1.88. The lowest BCUT2D eigenvalue weighted by molar-refractivity contribution is -0.115. The number of benzene rings is 1. The summed E-state index contributed by atoms with van der Waals surface area (Å²) in [6.07, 6.45) is 3.21. The molecule has 17 heavy (non-hydrogen) atoms. The molecule has 1 rings (SSSR count). The van der Waals surface area contributed by atoms with E-state index in [0.29, 0.717) is 5.11 Å². The Kier molecular flexibility index (Phi) is 5.36. The van der Waals surface area contributed by atoms with E-state index in [1.54, 1.807) is 6.08 Å². The van der Waals surface area contributed by atoms with Gasteiger partial charge in [-0.15, -0.1) is 0 Å². The molecule has 0 bridgehead atoms. The number of amides is 1. The Labute approximate surface area is 107 Å². The summed E-state index contributed by atoms with van der Waals surface area (Å²) < 4.78 is 0. The Morgan fingerprint density at radius 1 is 1.29 bits per heavy atom. The van der Waals surface area contributed by atoms with Crippen LogP contribution in [0.4, 0.5) is 0 Å². The molecule has 0 saturated carbocycles. The fourth-order valence-corrected chi connectivity index (χ4v) is 1.52. The summed E-state index contributed by atoms with van der Waals surface area (Å²) in [7, 11) is 0. The van der Waals surface area contributed by atoms with Crippen molar-refractivity contribution < 1.29 is 4.79 Å². The van der Waals surface area contributed by atoms with Gasteiger partial charge in [-0.2, -0.15) is 0 Å². The second-order valence-electron chi connectivity index (χ2n) is 3.86. The van der Waals surface area contributed by atoms with E-state index in [4.69, 9.17) is 12.2 Å². The molecule has 0 aliphatic rings. The van der Waals surface area contributed by atoms with Gasteiger partial charge in [0.1, 0.15) is 0 Å². The van der Waals surface area contributed by atoms with Crippen LogP contribution in [0.1, 0.15) is 19.4 Å². The minimum absolute atomic E-state index is 0.209. The number of hydrogen-bond acceptors (Lipinski definition) is 2. The van der Waals surface area contributed by atoms with E-state index in [2.05, 4.69) is 10.6 Å². The fourth-order valence-electron chi connectivity index (χ4n) is 1.19. The predicted molar refractivity (Wildman–Crippen MR) is 74.5 cm³/mol. The molecule has 90 valence electrons. The molecule has 0 heterocycles. The number of carbonyl (C=O) groups is 1. The van der Waals surface area contributed by atoms with Gasteiger partial charge in [0, 0.05) is 12.1 Å². The second-order valence-corrected chi connectivity index (χ2v) is 4.27. The van der Waals surface area contributed by atoms with E-state index < -0.39 is 0 Å². The molecular weight excluding hydrogens is 232 g/mol. The Hall–Kier alpha value is -1.68. The highest BCUT2D eigenvalue weighted by atomic mass is 32.1. The van der Waals surface area contributed by atoms with Crippen LogP contribution in [0.5, 0.6) is 0 Å². The second kappa shape index (κ2) is 6.81. The van der Waals surface area contributed by atoms with Crippen molar-refractivity contribution in [2.24, 2.45) is 0 Å². The molecule has 0 aromatic heterocycles. The van der Waals surface area contributed by atoms with Gasteiger partial charge in [0.15, 0.2) is 5.11 Å². The molecule has 0 fully saturated rings. The molecule has 1 aromatic rings. The third-order valence-corrected chi connectivity index (χ3v) is 2.10. The summed E-state index contributed by atoms with van der Waals surface area (Å²) in [5.41, 5.74) is 0.977. The first-order chi connectivity index (χ1) is 8.08. The molecule has 0 unspecified atom stereocenters. The van der Waals surface area contributed by atoms with Crippen molar-refractivity contribution in [3.63, 3.8) is 0 Å². The van der Waals surface area contributed by atoms with Gasteiger partial charge in [0.2, 0.25) is 5.91 Å². The van der Waals surface area contributed by atoms with Crippen molar-refractivity contribution in [1.29, 1.82) is 0 Å². The SMILES string of the molecule is CC(C)NC(=S)NC(=O)/C=C/c1ccccc1. The first kappa shape index (κ1) is 13.4. The van der Waals surface area contributed by atoms with Crippen LogP contribution in [0.3, 0.4) is 0 Å². The van der Waals surface area contributed by atoms with E-state index in [1.807, 2.05) is 44.2 Å². The molecule has 0 atom stereocenters. The van der Waals surface area contributed by atoms with E-state index in [-0.39, 0.29) is 11.9 Å². The van der Waals surface area contributed by atoms with Gasteiger partial charge in [0.25, 0.3) is 0 Å². The van der Waals surface area contributed by atoms with Crippen molar-refractivity contribution in [1.82, 2.24) is 10.6 Å². The Morgan fingerprint density at radius 2 is 1.94 bits per heavy atom. The smallest absolute Gasteiger partial charge is 0.250 e. The summed E-state index contributed by atoms with van der Waals surface area (Å²) in [5, 5.41) is 5.86. The number of rotatable bonds is 3. The maximum Gasteiger partial charge on any atom is 0.250 e. The molecule has 0 spiro atoms. The maximum absolute atomic E-state index is 11.5. The quantitative estimate of drug-likeness (QED) is 0.636. The zero-order valence-corrected chi connectivity index (χ0v) is 10.8. The van der Waals surface area contributed by atoms with Gasteiger partial charge in [0.05, 0.1) is 0 Å². The first-order valence-electron chi connectivity index (χ1n) is 5.42. The van der Waals surface area contributed by atoms with E-state index in [0.717, 1.165) is 5.56 Å². The lowest BCUT2D eigenvalue weighted by Gasteiger charge is -2.10. The fraction of sp³-hybridized carbons (Fsp3) is 0.231. The first-order valence-corrected chi connectivity index (χ1v) is 5.83. The summed E-state index contributed by atoms with van der Waals surface area (Å²) in [5.74, 6) is -0.230. The summed E-state index contributed by atoms with van der Waals surface area (Å²) in [6.45, 7) is 3.91. The molecule has 1 amide bonds. The van der Waals surface area contributed by atoms with Crippen molar-refractivity contribution >= 4 is 29.3 Å². The van der Waals surface area contributed by atoms with Crippen LogP contribution in [0, 0.1) is 0 Å².